The van der Waals surface area contributed by atoms with Gasteiger partial charge in [-0.05, 0) is 7.05 Å². The molecule has 0 unspecified atom stereocenters. The molecule has 90 valence electrons. The number of carbonyl (C=O) groups is 1. The molecule has 1 heterocycles. The van der Waals surface area contributed by atoms with Gasteiger partial charge in [0.1, 0.15) is 6.04 Å². The number of rotatable bonds is 5. The Morgan fingerprint density at radius 2 is 2.29 bits per heavy atom. The van der Waals surface area contributed by atoms with Gasteiger partial charge in [-0.2, -0.15) is 0 Å². The second-order valence-corrected chi connectivity index (χ2v) is 4.06. The van der Waals surface area contributed by atoms with Crippen molar-refractivity contribution < 1.29 is 9.90 Å². The van der Waals surface area contributed by atoms with Crippen LogP contribution in [-0.4, -0.2) is 45.1 Å². The molecular formula is C12H15N3O2. The van der Waals surface area contributed by atoms with Crippen LogP contribution < -0.4 is 0 Å². The summed E-state index contributed by atoms with van der Waals surface area (Å²) in [6, 6.07) is -0.508. The molecule has 17 heavy (non-hydrogen) atoms. The highest BCUT2D eigenvalue weighted by Gasteiger charge is 2.27. The van der Waals surface area contributed by atoms with Gasteiger partial charge >= 0.3 is 5.97 Å². The van der Waals surface area contributed by atoms with E-state index in [-0.39, 0.29) is 6.04 Å². The van der Waals surface area contributed by atoms with Gasteiger partial charge in [-0.1, -0.05) is 24.3 Å². The number of carboxylic acids is 1. The monoisotopic (exact) mass is 233 g/mol. The third-order valence-corrected chi connectivity index (χ3v) is 2.94. The summed E-state index contributed by atoms with van der Waals surface area (Å²) in [5.74, 6) is -0.823. The number of allylic oxidation sites excluding steroid dienone is 2. The molecule has 0 saturated heterocycles. The SMILES string of the molecule is CN(C1C=CC=C1)[C@@H](Cc1cnc[nH]1)C(=O)O. The van der Waals surface area contributed by atoms with Crippen LogP contribution in [0.3, 0.4) is 0 Å². The summed E-state index contributed by atoms with van der Waals surface area (Å²) in [5, 5.41) is 9.28. The van der Waals surface area contributed by atoms with Crippen molar-refractivity contribution in [1.82, 2.24) is 14.9 Å². The van der Waals surface area contributed by atoms with Gasteiger partial charge in [-0.3, -0.25) is 9.69 Å². The Morgan fingerprint density at radius 3 is 2.82 bits per heavy atom. The van der Waals surface area contributed by atoms with Crippen molar-refractivity contribution in [3.05, 3.63) is 42.5 Å². The molecule has 2 rings (SSSR count). The summed E-state index contributed by atoms with van der Waals surface area (Å²) < 4.78 is 0. The van der Waals surface area contributed by atoms with E-state index in [0.717, 1.165) is 5.69 Å². The molecule has 1 aliphatic carbocycles. The lowest BCUT2D eigenvalue weighted by atomic mass is 10.1. The Morgan fingerprint density at radius 1 is 1.59 bits per heavy atom. The number of hydrogen-bond donors (Lipinski definition) is 2. The number of nitrogens with zero attached hydrogens (tertiary/aromatic N) is 2. The number of H-pyrrole nitrogens is 1. The van der Waals surface area contributed by atoms with E-state index in [0.29, 0.717) is 6.42 Å². The second kappa shape index (κ2) is 4.97. The van der Waals surface area contributed by atoms with Gasteiger partial charge in [-0.15, -0.1) is 0 Å². The minimum Gasteiger partial charge on any atom is -0.480 e. The number of likely N-dealkylation sites (N-methyl/N-ethyl adjacent to an activating group) is 1. The lowest BCUT2D eigenvalue weighted by Gasteiger charge is -2.27. The van der Waals surface area contributed by atoms with Gasteiger partial charge in [0.15, 0.2) is 0 Å². The highest BCUT2D eigenvalue weighted by molar-refractivity contribution is 5.74. The standard InChI is InChI=1S/C12H15N3O2/c1-15(10-4-2-3-5-10)11(12(16)17)6-9-7-13-8-14-9/h2-5,7-8,10-11H,6H2,1H3,(H,13,14)(H,16,17)/t11-/m0/s1. The topological polar surface area (TPSA) is 69.2 Å². The van der Waals surface area contributed by atoms with E-state index < -0.39 is 12.0 Å². The average molecular weight is 233 g/mol. The highest BCUT2D eigenvalue weighted by Crippen LogP contribution is 2.14. The van der Waals surface area contributed by atoms with Gasteiger partial charge in [0.25, 0.3) is 0 Å². The number of imidazole rings is 1. The Labute approximate surface area is 99.5 Å². The van der Waals surface area contributed by atoms with Crippen LogP contribution in [0.5, 0.6) is 0 Å². The van der Waals surface area contributed by atoms with Crippen molar-refractivity contribution in [2.24, 2.45) is 0 Å². The van der Waals surface area contributed by atoms with Crippen molar-refractivity contribution in [2.75, 3.05) is 7.05 Å². The van der Waals surface area contributed by atoms with Crippen LogP contribution in [0.2, 0.25) is 0 Å². The van der Waals surface area contributed by atoms with E-state index in [2.05, 4.69) is 9.97 Å². The molecule has 5 heteroatoms. The van der Waals surface area contributed by atoms with Crippen molar-refractivity contribution >= 4 is 5.97 Å². The number of hydrogen-bond acceptors (Lipinski definition) is 3. The number of nitrogens with one attached hydrogen (secondary N) is 1. The highest BCUT2D eigenvalue weighted by atomic mass is 16.4. The van der Waals surface area contributed by atoms with Gasteiger partial charge in [-0.25, -0.2) is 4.98 Å². The van der Waals surface area contributed by atoms with Crippen molar-refractivity contribution in [3.63, 3.8) is 0 Å². The number of aromatic amines is 1. The number of aromatic nitrogens is 2. The molecule has 0 radical (unpaired) electrons. The first kappa shape index (κ1) is 11.6. The molecule has 0 saturated carbocycles. The zero-order valence-corrected chi connectivity index (χ0v) is 9.58. The third-order valence-electron chi connectivity index (χ3n) is 2.94. The van der Waals surface area contributed by atoms with Crippen LogP contribution in [0.25, 0.3) is 0 Å². The maximum Gasteiger partial charge on any atom is 0.321 e. The quantitative estimate of drug-likeness (QED) is 0.790. The first-order valence-electron chi connectivity index (χ1n) is 5.45. The Balaban J connectivity index is 2.09. The fourth-order valence-electron chi connectivity index (χ4n) is 1.91. The first-order valence-corrected chi connectivity index (χ1v) is 5.45. The molecule has 0 bridgehead atoms. The molecule has 0 aromatic carbocycles. The van der Waals surface area contributed by atoms with Gasteiger partial charge in [0.05, 0.1) is 6.33 Å². The summed E-state index contributed by atoms with van der Waals surface area (Å²) >= 11 is 0. The van der Waals surface area contributed by atoms with E-state index in [9.17, 15) is 9.90 Å². The molecule has 5 nitrogen and oxygen atoms in total. The molecular weight excluding hydrogens is 218 g/mol. The molecule has 0 spiro atoms. The zero-order valence-electron chi connectivity index (χ0n) is 9.58. The van der Waals surface area contributed by atoms with E-state index in [1.54, 1.807) is 12.5 Å². The van der Waals surface area contributed by atoms with E-state index in [4.69, 9.17) is 0 Å². The summed E-state index contributed by atoms with van der Waals surface area (Å²) in [5.41, 5.74) is 0.829. The van der Waals surface area contributed by atoms with E-state index >= 15 is 0 Å². The first-order chi connectivity index (χ1) is 8.18. The average Bonchev–Trinajstić information content (AvgIpc) is 2.97. The van der Waals surface area contributed by atoms with Crippen molar-refractivity contribution in [2.45, 2.75) is 18.5 Å². The summed E-state index contributed by atoms with van der Waals surface area (Å²) in [7, 11) is 1.82. The van der Waals surface area contributed by atoms with Gasteiger partial charge < -0.3 is 10.1 Å². The van der Waals surface area contributed by atoms with Crippen LogP contribution in [0.4, 0.5) is 0 Å². The summed E-state index contributed by atoms with van der Waals surface area (Å²) in [6.07, 6.45) is 11.4. The predicted molar refractivity (Wildman–Crippen MR) is 63.5 cm³/mol. The zero-order chi connectivity index (χ0) is 12.3. The number of carboxylic acid groups (broad SMARTS) is 1. The van der Waals surface area contributed by atoms with Gasteiger partial charge in [0.2, 0.25) is 0 Å². The Kier molecular flexibility index (Phi) is 3.39. The minimum absolute atomic E-state index is 0.0546. The van der Waals surface area contributed by atoms with Crippen LogP contribution in [0, 0.1) is 0 Å². The lowest BCUT2D eigenvalue weighted by molar-refractivity contribution is -0.143. The molecule has 0 fully saturated rings. The molecule has 1 atom stereocenters. The molecule has 0 amide bonds. The molecule has 2 N–H and O–H groups in total. The van der Waals surface area contributed by atoms with Crippen LogP contribution in [0.1, 0.15) is 5.69 Å². The van der Waals surface area contributed by atoms with E-state index in [1.807, 2.05) is 36.3 Å². The smallest absolute Gasteiger partial charge is 0.321 e. The van der Waals surface area contributed by atoms with Crippen molar-refractivity contribution in [1.29, 1.82) is 0 Å². The summed E-state index contributed by atoms with van der Waals surface area (Å²) in [6.45, 7) is 0. The largest absolute Gasteiger partial charge is 0.480 e. The lowest BCUT2D eigenvalue weighted by Crippen LogP contribution is -2.44. The van der Waals surface area contributed by atoms with E-state index in [1.165, 1.54) is 0 Å². The minimum atomic E-state index is -0.823. The Bertz CT molecular complexity index is 425. The van der Waals surface area contributed by atoms with Crippen LogP contribution >= 0.6 is 0 Å². The number of aliphatic carboxylic acids is 1. The maximum atomic E-state index is 11.3. The van der Waals surface area contributed by atoms with Crippen LogP contribution in [0.15, 0.2) is 36.8 Å². The summed E-state index contributed by atoms with van der Waals surface area (Å²) in [4.78, 5) is 20.0. The van der Waals surface area contributed by atoms with Gasteiger partial charge in [0, 0.05) is 24.4 Å². The third kappa shape index (κ3) is 2.62. The van der Waals surface area contributed by atoms with Crippen molar-refractivity contribution in [3.8, 4) is 0 Å². The molecule has 1 aliphatic rings. The fraction of sp³-hybridized carbons (Fsp3) is 0.333. The fourth-order valence-corrected chi connectivity index (χ4v) is 1.91. The molecule has 1 aromatic heterocycles. The maximum absolute atomic E-state index is 11.3. The second-order valence-electron chi connectivity index (χ2n) is 4.06. The molecule has 0 aliphatic heterocycles. The molecule has 1 aromatic rings. The normalized spacial score (nSPS) is 16.8. The Hall–Kier alpha value is -1.88. The van der Waals surface area contributed by atoms with Crippen LogP contribution in [-0.2, 0) is 11.2 Å². The predicted octanol–water partition coefficient (Wildman–Crippen LogP) is 0.832.